The van der Waals surface area contributed by atoms with Crippen LogP contribution in [-0.2, 0) is 4.79 Å². The molecule has 3 nitrogen and oxygen atoms in total. The van der Waals surface area contributed by atoms with Crippen molar-refractivity contribution < 1.29 is 9.53 Å². The number of carbonyl (C=O) groups excluding carboxylic acids is 1. The Morgan fingerprint density at radius 3 is 2.87 bits per heavy atom. The Morgan fingerprint density at radius 2 is 2.20 bits per heavy atom. The first kappa shape index (κ1) is 8.77. The molecule has 3 rings (SSSR count). The van der Waals surface area contributed by atoms with Gasteiger partial charge in [0.05, 0.1) is 5.69 Å². The van der Waals surface area contributed by atoms with Crippen LogP contribution in [0.25, 0.3) is 0 Å². The Hall–Kier alpha value is -1.51. The molecule has 1 N–H and O–H groups in total. The molecule has 1 aromatic carbocycles. The molecule has 15 heavy (non-hydrogen) atoms. The Morgan fingerprint density at radius 1 is 1.40 bits per heavy atom. The summed E-state index contributed by atoms with van der Waals surface area (Å²) in [7, 11) is 0. The van der Waals surface area contributed by atoms with Gasteiger partial charge in [-0.3, -0.25) is 4.79 Å². The number of hydrogen-bond acceptors (Lipinski definition) is 2. The highest BCUT2D eigenvalue weighted by Gasteiger charge is 2.49. The fourth-order valence-corrected chi connectivity index (χ4v) is 2.19. The lowest BCUT2D eigenvalue weighted by molar-refractivity contribution is -0.139. The van der Waals surface area contributed by atoms with Gasteiger partial charge in [0.15, 0.2) is 5.60 Å². The van der Waals surface area contributed by atoms with Gasteiger partial charge in [-0.2, -0.15) is 0 Å². The van der Waals surface area contributed by atoms with Crippen LogP contribution in [0.15, 0.2) is 18.2 Å². The number of amides is 1. The summed E-state index contributed by atoms with van der Waals surface area (Å²) >= 11 is 0. The molecule has 1 heterocycles. The van der Waals surface area contributed by atoms with Gasteiger partial charge in [-0.05, 0) is 37.8 Å². The Labute approximate surface area is 88.4 Å². The van der Waals surface area contributed by atoms with Crippen LogP contribution in [0.1, 0.15) is 24.8 Å². The van der Waals surface area contributed by atoms with Crippen LogP contribution in [0.5, 0.6) is 5.75 Å². The lowest BCUT2D eigenvalue weighted by Crippen LogP contribution is -2.55. The molecule has 0 atom stereocenters. The van der Waals surface area contributed by atoms with Gasteiger partial charge in [-0.25, -0.2) is 0 Å². The fraction of sp³-hybridized carbons (Fsp3) is 0.417. The van der Waals surface area contributed by atoms with Gasteiger partial charge in [0, 0.05) is 0 Å². The van der Waals surface area contributed by atoms with Crippen molar-refractivity contribution >= 4 is 11.6 Å². The van der Waals surface area contributed by atoms with Crippen molar-refractivity contribution in [2.75, 3.05) is 5.32 Å². The summed E-state index contributed by atoms with van der Waals surface area (Å²) in [5.41, 5.74) is 1.33. The van der Waals surface area contributed by atoms with Crippen molar-refractivity contribution in [2.24, 2.45) is 0 Å². The van der Waals surface area contributed by atoms with E-state index in [9.17, 15) is 4.79 Å². The van der Waals surface area contributed by atoms with E-state index in [0.29, 0.717) is 0 Å². The number of anilines is 1. The molecule has 78 valence electrons. The first-order valence-electron chi connectivity index (χ1n) is 5.31. The second-order valence-electron chi connectivity index (χ2n) is 4.36. The molecule has 0 unspecified atom stereocenters. The van der Waals surface area contributed by atoms with Crippen molar-refractivity contribution in [1.29, 1.82) is 0 Å². The molecular formula is C12H13NO2. The van der Waals surface area contributed by atoms with Crippen molar-refractivity contribution in [3.63, 3.8) is 0 Å². The molecular weight excluding hydrogens is 190 g/mol. The highest BCUT2D eigenvalue weighted by molar-refractivity contribution is 6.01. The zero-order chi connectivity index (χ0) is 10.5. The minimum absolute atomic E-state index is 0.0202. The zero-order valence-corrected chi connectivity index (χ0v) is 8.67. The zero-order valence-electron chi connectivity index (χ0n) is 8.67. The lowest BCUT2D eigenvalue weighted by Gasteiger charge is -2.43. The molecule has 1 fully saturated rings. The van der Waals surface area contributed by atoms with Gasteiger partial charge >= 0.3 is 0 Å². The summed E-state index contributed by atoms with van der Waals surface area (Å²) in [6.45, 7) is 2.00. The van der Waals surface area contributed by atoms with Crippen LogP contribution < -0.4 is 10.1 Å². The van der Waals surface area contributed by atoms with E-state index in [1.807, 2.05) is 25.1 Å². The van der Waals surface area contributed by atoms with E-state index >= 15 is 0 Å². The number of rotatable bonds is 0. The monoisotopic (exact) mass is 203 g/mol. The van der Waals surface area contributed by atoms with Crippen molar-refractivity contribution in [3.8, 4) is 5.75 Å². The highest BCUT2D eigenvalue weighted by atomic mass is 16.5. The number of para-hydroxylation sites is 1. The van der Waals surface area contributed by atoms with E-state index < -0.39 is 5.60 Å². The van der Waals surface area contributed by atoms with E-state index in [4.69, 9.17) is 4.74 Å². The van der Waals surface area contributed by atoms with Gasteiger partial charge in [-0.1, -0.05) is 12.1 Å². The maximum atomic E-state index is 11.8. The van der Waals surface area contributed by atoms with Crippen molar-refractivity contribution in [3.05, 3.63) is 23.8 Å². The predicted molar refractivity (Wildman–Crippen MR) is 57.0 cm³/mol. The normalized spacial score (nSPS) is 21.3. The smallest absolute Gasteiger partial charge is 0.268 e. The second-order valence-corrected chi connectivity index (χ2v) is 4.36. The van der Waals surface area contributed by atoms with Crippen LogP contribution in [0.2, 0.25) is 0 Å². The molecule has 2 aliphatic rings. The standard InChI is InChI=1S/C12H13NO2/c1-8-4-2-5-9-10(8)15-12(6-3-7-12)11(14)13-9/h2,4-5H,3,6-7H2,1H3,(H,13,14). The van der Waals surface area contributed by atoms with Gasteiger partial charge in [0.1, 0.15) is 5.75 Å². The Kier molecular flexibility index (Phi) is 1.61. The summed E-state index contributed by atoms with van der Waals surface area (Å²) in [4.78, 5) is 11.8. The summed E-state index contributed by atoms with van der Waals surface area (Å²) in [6.07, 6.45) is 2.76. The third-order valence-electron chi connectivity index (χ3n) is 3.33. The van der Waals surface area contributed by atoms with Crippen molar-refractivity contribution in [2.45, 2.75) is 31.8 Å². The molecule has 1 saturated carbocycles. The number of benzene rings is 1. The first-order valence-corrected chi connectivity index (χ1v) is 5.31. The molecule has 3 heteroatoms. The van der Waals surface area contributed by atoms with Gasteiger partial charge < -0.3 is 10.1 Å². The number of aryl methyl sites for hydroxylation is 1. The molecule has 1 aliphatic heterocycles. The van der Waals surface area contributed by atoms with Crippen LogP contribution in [0, 0.1) is 6.92 Å². The van der Waals surface area contributed by atoms with Gasteiger partial charge in [0.2, 0.25) is 0 Å². The maximum Gasteiger partial charge on any atom is 0.268 e. The van der Waals surface area contributed by atoms with Crippen LogP contribution in [-0.4, -0.2) is 11.5 Å². The summed E-state index contributed by atoms with van der Waals surface area (Å²) in [6, 6.07) is 5.81. The number of carbonyl (C=O) groups is 1. The van der Waals surface area contributed by atoms with E-state index in [0.717, 1.165) is 36.3 Å². The minimum Gasteiger partial charge on any atom is -0.475 e. The van der Waals surface area contributed by atoms with E-state index in [2.05, 4.69) is 5.32 Å². The molecule has 0 aromatic heterocycles. The third kappa shape index (κ3) is 1.09. The third-order valence-corrected chi connectivity index (χ3v) is 3.33. The average molecular weight is 203 g/mol. The van der Waals surface area contributed by atoms with Gasteiger partial charge in [0.25, 0.3) is 5.91 Å². The van der Waals surface area contributed by atoms with Crippen LogP contribution in [0.4, 0.5) is 5.69 Å². The Bertz CT molecular complexity index is 435. The first-order chi connectivity index (χ1) is 7.21. The molecule has 0 radical (unpaired) electrons. The topological polar surface area (TPSA) is 38.3 Å². The molecule has 1 spiro atoms. The van der Waals surface area contributed by atoms with Crippen LogP contribution in [0.3, 0.4) is 0 Å². The number of fused-ring (bicyclic) bond motifs is 1. The van der Waals surface area contributed by atoms with E-state index in [-0.39, 0.29) is 5.91 Å². The molecule has 0 saturated heterocycles. The predicted octanol–water partition coefficient (Wildman–Crippen LogP) is 2.25. The van der Waals surface area contributed by atoms with Gasteiger partial charge in [-0.15, -0.1) is 0 Å². The lowest BCUT2D eigenvalue weighted by atomic mass is 9.78. The molecule has 1 aliphatic carbocycles. The number of ether oxygens (including phenoxy) is 1. The largest absolute Gasteiger partial charge is 0.475 e. The maximum absolute atomic E-state index is 11.8. The Balaban J connectivity index is 2.07. The average Bonchev–Trinajstić information content (AvgIpc) is 2.15. The van der Waals surface area contributed by atoms with E-state index in [1.54, 1.807) is 0 Å². The SMILES string of the molecule is Cc1cccc2c1OC1(CCC1)C(=O)N2. The quantitative estimate of drug-likeness (QED) is 0.702. The number of nitrogens with one attached hydrogen (secondary N) is 1. The molecule has 0 bridgehead atoms. The summed E-state index contributed by atoms with van der Waals surface area (Å²) in [5, 5.41) is 2.93. The highest BCUT2D eigenvalue weighted by Crippen LogP contribution is 2.44. The van der Waals surface area contributed by atoms with Crippen LogP contribution >= 0.6 is 0 Å². The van der Waals surface area contributed by atoms with Crippen molar-refractivity contribution in [1.82, 2.24) is 0 Å². The summed E-state index contributed by atoms with van der Waals surface area (Å²) < 4.78 is 5.89. The minimum atomic E-state index is -0.556. The fourth-order valence-electron chi connectivity index (χ4n) is 2.19. The summed E-state index contributed by atoms with van der Waals surface area (Å²) in [5.74, 6) is 0.864. The second kappa shape index (κ2) is 2.75. The number of hydrogen-bond donors (Lipinski definition) is 1. The van der Waals surface area contributed by atoms with E-state index in [1.165, 1.54) is 0 Å². The molecule has 1 aromatic rings. The molecule has 1 amide bonds.